The van der Waals surface area contributed by atoms with Crippen molar-refractivity contribution in [1.82, 2.24) is 0 Å². The van der Waals surface area contributed by atoms with Crippen LogP contribution in [0.5, 0.6) is 0 Å². The monoisotopic (exact) mass is 274 g/mol. The topological polar surface area (TPSA) is 20.2 Å². The molecule has 3 aliphatic rings. The molecule has 3 rings (SSSR count). The molecule has 0 heterocycles. The fourth-order valence-electron chi connectivity index (χ4n) is 5.31. The molecule has 1 N–H and O–H groups in total. The van der Waals surface area contributed by atoms with Crippen molar-refractivity contribution in [2.45, 2.75) is 71.8 Å². The lowest BCUT2D eigenvalue weighted by Crippen LogP contribution is -2.53. The first-order chi connectivity index (χ1) is 9.34. The van der Waals surface area contributed by atoms with E-state index < -0.39 is 5.60 Å². The summed E-state index contributed by atoms with van der Waals surface area (Å²) in [5.74, 6) is 1.80. The number of aliphatic hydroxyl groups is 1. The highest BCUT2D eigenvalue weighted by Crippen LogP contribution is 2.59. The molecule has 0 radical (unpaired) electrons. The smallest absolute Gasteiger partial charge is 0.0656 e. The molecule has 1 heteroatoms. The third-order valence-electron chi connectivity index (χ3n) is 6.55. The first kappa shape index (κ1) is 14.4. The van der Waals surface area contributed by atoms with Crippen molar-refractivity contribution >= 4 is 0 Å². The maximum absolute atomic E-state index is 10.8. The molecule has 0 aromatic carbocycles. The fourth-order valence-corrected chi connectivity index (χ4v) is 5.31. The van der Waals surface area contributed by atoms with Crippen LogP contribution in [0, 0.1) is 23.2 Å². The van der Waals surface area contributed by atoms with E-state index in [0.29, 0.717) is 23.2 Å². The minimum atomic E-state index is -0.461. The van der Waals surface area contributed by atoms with Gasteiger partial charge in [0.05, 0.1) is 5.60 Å². The number of rotatable bonds is 1. The Morgan fingerprint density at radius 2 is 2.00 bits per heavy atom. The predicted octanol–water partition coefficient (Wildman–Crippen LogP) is 4.87. The summed E-state index contributed by atoms with van der Waals surface area (Å²) in [4.78, 5) is 0. The van der Waals surface area contributed by atoms with Crippen LogP contribution in [0.2, 0.25) is 0 Å². The van der Waals surface area contributed by atoms with Gasteiger partial charge in [0.2, 0.25) is 0 Å². The van der Waals surface area contributed by atoms with E-state index in [1.807, 2.05) is 0 Å². The van der Waals surface area contributed by atoms with E-state index in [1.165, 1.54) is 25.7 Å². The number of hydrogen-bond donors (Lipinski definition) is 1. The molecule has 0 aliphatic heterocycles. The van der Waals surface area contributed by atoms with E-state index in [2.05, 4.69) is 39.8 Å². The summed E-state index contributed by atoms with van der Waals surface area (Å²) in [7, 11) is 0. The third-order valence-corrected chi connectivity index (χ3v) is 6.55. The van der Waals surface area contributed by atoms with Gasteiger partial charge < -0.3 is 5.11 Å². The normalized spacial score (nSPS) is 44.5. The molecule has 0 spiro atoms. The highest BCUT2D eigenvalue weighted by molar-refractivity contribution is 5.35. The van der Waals surface area contributed by atoms with Crippen molar-refractivity contribution in [3.63, 3.8) is 0 Å². The molecule has 0 bridgehead atoms. The van der Waals surface area contributed by atoms with Gasteiger partial charge >= 0.3 is 0 Å². The summed E-state index contributed by atoms with van der Waals surface area (Å²) >= 11 is 0. The molecule has 0 aromatic heterocycles. The van der Waals surface area contributed by atoms with E-state index in [0.717, 1.165) is 12.8 Å². The Kier molecular flexibility index (Phi) is 3.40. The quantitative estimate of drug-likeness (QED) is 0.723. The molecule has 0 unspecified atom stereocenters. The largest absolute Gasteiger partial charge is 0.390 e. The Balaban J connectivity index is 1.97. The molecule has 1 saturated carbocycles. The highest BCUT2D eigenvalue weighted by Gasteiger charge is 2.53. The van der Waals surface area contributed by atoms with Gasteiger partial charge in [-0.3, -0.25) is 0 Å². The summed E-state index contributed by atoms with van der Waals surface area (Å²) in [5.41, 5.74) is 3.05. The molecule has 3 aliphatic carbocycles. The van der Waals surface area contributed by atoms with Crippen molar-refractivity contribution < 1.29 is 5.11 Å². The molecular formula is C19H30O. The molecule has 1 nitrogen and oxygen atoms in total. The van der Waals surface area contributed by atoms with Crippen LogP contribution in [-0.4, -0.2) is 10.7 Å². The van der Waals surface area contributed by atoms with Crippen LogP contribution in [0.3, 0.4) is 0 Å². The maximum atomic E-state index is 10.8. The maximum Gasteiger partial charge on any atom is 0.0656 e. The Morgan fingerprint density at radius 3 is 2.70 bits per heavy atom. The van der Waals surface area contributed by atoms with Crippen molar-refractivity contribution in [1.29, 1.82) is 0 Å². The van der Waals surface area contributed by atoms with Crippen LogP contribution >= 0.6 is 0 Å². The summed E-state index contributed by atoms with van der Waals surface area (Å²) < 4.78 is 0. The van der Waals surface area contributed by atoms with Gasteiger partial charge in [-0.2, -0.15) is 0 Å². The summed E-state index contributed by atoms with van der Waals surface area (Å²) in [6, 6.07) is 0. The number of hydrogen-bond acceptors (Lipinski definition) is 1. The van der Waals surface area contributed by atoms with E-state index in [1.54, 1.807) is 11.1 Å². The minimum Gasteiger partial charge on any atom is -0.390 e. The predicted molar refractivity (Wildman–Crippen MR) is 84.4 cm³/mol. The highest BCUT2D eigenvalue weighted by atomic mass is 16.3. The van der Waals surface area contributed by atoms with Crippen molar-refractivity contribution in [3.05, 3.63) is 23.3 Å². The zero-order valence-corrected chi connectivity index (χ0v) is 13.6. The Labute approximate surface area is 124 Å². The standard InChI is InChI=1S/C19H30O/c1-13(2)14-6-8-16-15(12-14)7-9-17-18(16,3)10-5-11-19(17,4)20/h7,12-13,16-17,20H,5-6,8-11H2,1-4H3/t16-,17+,18-,19+/m1/s1. The molecule has 4 atom stereocenters. The van der Waals surface area contributed by atoms with Gasteiger partial charge in [0.1, 0.15) is 0 Å². The van der Waals surface area contributed by atoms with Crippen molar-refractivity contribution in [3.8, 4) is 0 Å². The van der Waals surface area contributed by atoms with E-state index in [4.69, 9.17) is 0 Å². The van der Waals surface area contributed by atoms with E-state index in [-0.39, 0.29) is 0 Å². The first-order valence-electron chi connectivity index (χ1n) is 8.47. The lowest BCUT2D eigenvalue weighted by atomic mass is 9.50. The first-order valence-corrected chi connectivity index (χ1v) is 8.47. The number of fused-ring (bicyclic) bond motifs is 3. The van der Waals surface area contributed by atoms with Gasteiger partial charge in [-0.15, -0.1) is 0 Å². The molecule has 20 heavy (non-hydrogen) atoms. The molecule has 112 valence electrons. The van der Waals surface area contributed by atoms with Gasteiger partial charge in [0, 0.05) is 0 Å². The van der Waals surface area contributed by atoms with Gasteiger partial charge in [-0.05, 0) is 67.8 Å². The van der Waals surface area contributed by atoms with Crippen molar-refractivity contribution in [2.75, 3.05) is 0 Å². The van der Waals surface area contributed by atoms with Crippen LogP contribution in [-0.2, 0) is 0 Å². The van der Waals surface area contributed by atoms with Gasteiger partial charge in [0.15, 0.2) is 0 Å². The molecule has 0 aromatic rings. The Hall–Kier alpha value is -0.560. The van der Waals surface area contributed by atoms with Gasteiger partial charge in [-0.1, -0.05) is 44.9 Å². The fraction of sp³-hybridized carbons (Fsp3) is 0.789. The van der Waals surface area contributed by atoms with Crippen LogP contribution in [0.1, 0.15) is 66.2 Å². The second kappa shape index (κ2) is 4.73. The second-order valence-electron chi connectivity index (χ2n) is 8.17. The summed E-state index contributed by atoms with van der Waals surface area (Å²) in [6.07, 6.45) is 12.0. The third kappa shape index (κ3) is 2.09. The van der Waals surface area contributed by atoms with Gasteiger partial charge in [0.25, 0.3) is 0 Å². The number of allylic oxidation sites excluding steroid dienone is 4. The average molecular weight is 274 g/mol. The zero-order valence-electron chi connectivity index (χ0n) is 13.6. The summed E-state index contributed by atoms with van der Waals surface area (Å²) in [5, 5.41) is 10.8. The Bertz CT molecular complexity index is 454. The SMILES string of the molecule is CC(C)C1=CC2=CC[C@H]3[C@](C)(CCC[C@]3(C)O)[C@@H]2CC1. The molecule has 0 amide bonds. The lowest BCUT2D eigenvalue weighted by molar-refractivity contribution is -0.115. The van der Waals surface area contributed by atoms with Crippen LogP contribution < -0.4 is 0 Å². The van der Waals surface area contributed by atoms with E-state index >= 15 is 0 Å². The zero-order chi connectivity index (χ0) is 14.5. The van der Waals surface area contributed by atoms with Gasteiger partial charge in [-0.25, -0.2) is 0 Å². The molecular weight excluding hydrogens is 244 g/mol. The van der Waals surface area contributed by atoms with Crippen LogP contribution in [0.4, 0.5) is 0 Å². The van der Waals surface area contributed by atoms with E-state index in [9.17, 15) is 5.11 Å². The molecule has 1 fully saturated rings. The Morgan fingerprint density at radius 1 is 1.25 bits per heavy atom. The van der Waals surface area contributed by atoms with Crippen molar-refractivity contribution in [2.24, 2.45) is 23.2 Å². The minimum absolute atomic E-state index is 0.310. The second-order valence-corrected chi connectivity index (χ2v) is 8.17. The van der Waals surface area contributed by atoms with Crippen LogP contribution in [0.25, 0.3) is 0 Å². The average Bonchev–Trinajstić information content (AvgIpc) is 2.37. The summed E-state index contributed by atoms with van der Waals surface area (Å²) in [6.45, 7) is 9.15. The lowest BCUT2D eigenvalue weighted by Gasteiger charge is -2.56. The van der Waals surface area contributed by atoms with Crippen LogP contribution in [0.15, 0.2) is 23.3 Å². The molecule has 0 saturated heterocycles.